The Morgan fingerprint density at radius 1 is 1.17 bits per heavy atom. The van der Waals surface area contributed by atoms with Crippen molar-refractivity contribution in [3.8, 4) is 11.3 Å². The van der Waals surface area contributed by atoms with Crippen LogP contribution in [0.1, 0.15) is 12.7 Å². The van der Waals surface area contributed by atoms with Crippen LogP contribution >= 0.6 is 0 Å². The van der Waals surface area contributed by atoms with E-state index in [0.29, 0.717) is 5.52 Å². The third-order valence-corrected chi connectivity index (χ3v) is 3.03. The summed E-state index contributed by atoms with van der Waals surface area (Å²) in [5.41, 5.74) is 3.36. The fraction of sp³-hybridized carbons (Fsp3) is 0.143. The Bertz CT molecular complexity index is 741. The number of fused-ring (bicyclic) bond motifs is 1. The maximum Gasteiger partial charge on any atom is 0.359 e. The minimum absolute atomic E-state index is 0.0808. The largest absolute Gasteiger partial charge is 0.359 e. The topological polar surface area (TPSA) is 62.8 Å². The van der Waals surface area contributed by atoms with E-state index in [1.165, 1.54) is 0 Å². The van der Waals surface area contributed by atoms with Crippen molar-refractivity contribution in [3.05, 3.63) is 52.6 Å². The van der Waals surface area contributed by atoms with E-state index in [0.717, 1.165) is 29.0 Å². The quantitative estimate of drug-likeness (QED) is 0.706. The second kappa shape index (κ2) is 4.14. The fourth-order valence-electron chi connectivity index (χ4n) is 2.08. The minimum Gasteiger partial charge on any atom is -0.345 e. The number of aromatic amines is 3. The van der Waals surface area contributed by atoms with Crippen LogP contribution < -0.4 is 10.5 Å². The van der Waals surface area contributed by atoms with E-state index in [2.05, 4.69) is 15.0 Å². The molecule has 0 aliphatic carbocycles. The number of benzene rings is 1. The Morgan fingerprint density at radius 3 is 2.67 bits per heavy atom. The van der Waals surface area contributed by atoms with Gasteiger partial charge in [-0.05, 0) is 5.56 Å². The zero-order valence-electron chi connectivity index (χ0n) is 10.1. The van der Waals surface area contributed by atoms with E-state index in [1.807, 2.05) is 43.3 Å². The smallest absolute Gasteiger partial charge is 0.345 e. The third-order valence-electron chi connectivity index (χ3n) is 3.03. The molecule has 0 unspecified atom stereocenters. The molecule has 3 N–H and O–H groups in total. The highest BCUT2D eigenvalue weighted by atomic mass is 16.1. The highest BCUT2D eigenvalue weighted by Crippen LogP contribution is 2.19. The average Bonchev–Trinajstić information content (AvgIpc) is 2.84. The normalized spacial score (nSPS) is 10.9. The van der Waals surface area contributed by atoms with Crippen LogP contribution in [0.2, 0.25) is 0 Å². The molecular formula is C14H14N3O+. The molecule has 4 nitrogen and oxygen atoms in total. The highest BCUT2D eigenvalue weighted by molar-refractivity contribution is 5.79. The summed E-state index contributed by atoms with van der Waals surface area (Å²) in [5.74, 6) is 0.839. The molecule has 3 aromatic rings. The summed E-state index contributed by atoms with van der Waals surface area (Å²) in [5, 5.41) is 0. The lowest BCUT2D eigenvalue weighted by molar-refractivity contribution is -0.363. The Hall–Kier alpha value is -2.36. The monoisotopic (exact) mass is 240 g/mol. The third kappa shape index (κ3) is 1.72. The van der Waals surface area contributed by atoms with Crippen molar-refractivity contribution in [1.82, 2.24) is 9.97 Å². The molecule has 0 aliphatic rings. The number of aromatic nitrogens is 3. The van der Waals surface area contributed by atoms with Crippen LogP contribution in [0.3, 0.4) is 0 Å². The lowest BCUT2D eigenvalue weighted by Crippen LogP contribution is -2.22. The molecule has 18 heavy (non-hydrogen) atoms. The first kappa shape index (κ1) is 10.8. The number of hydrogen-bond donors (Lipinski definition) is 2. The molecule has 0 saturated carbocycles. The molecule has 3 rings (SSSR count). The minimum atomic E-state index is -0.0808. The molecule has 0 radical (unpaired) electrons. The van der Waals surface area contributed by atoms with Crippen LogP contribution in [0, 0.1) is 0 Å². The number of nitrogens with one attached hydrogen (secondary N) is 3. The molecule has 0 aliphatic heterocycles. The van der Waals surface area contributed by atoms with Crippen LogP contribution in [0.25, 0.3) is 22.3 Å². The van der Waals surface area contributed by atoms with Crippen molar-refractivity contribution in [2.45, 2.75) is 13.3 Å². The molecular weight excluding hydrogens is 226 g/mol. The van der Waals surface area contributed by atoms with E-state index < -0.39 is 0 Å². The van der Waals surface area contributed by atoms with Crippen molar-refractivity contribution < 1.29 is 4.98 Å². The van der Waals surface area contributed by atoms with Gasteiger partial charge in [-0.25, -0.2) is 14.8 Å². The summed E-state index contributed by atoms with van der Waals surface area (Å²) in [4.78, 5) is 21.1. The summed E-state index contributed by atoms with van der Waals surface area (Å²) in [7, 11) is 0. The average molecular weight is 240 g/mol. The molecule has 90 valence electrons. The second-order valence-corrected chi connectivity index (χ2v) is 4.25. The van der Waals surface area contributed by atoms with Crippen LogP contribution in [-0.4, -0.2) is 9.97 Å². The van der Waals surface area contributed by atoms with Crippen molar-refractivity contribution in [3.63, 3.8) is 0 Å². The Balaban J connectivity index is 2.23. The summed E-state index contributed by atoms with van der Waals surface area (Å²) in [6.07, 6.45) is 0.775. The SMILES string of the molecule is CCc1[nH]c(=O)c2[nH]c(-c3ccccc3)cc2[nH+]1. The van der Waals surface area contributed by atoms with Crippen molar-refractivity contribution >= 4 is 11.0 Å². The van der Waals surface area contributed by atoms with Gasteiger partial charge in [0.25, 0.3) is 5.82 Å². The van der Waals surface area contributed by atoms with Gasteiger partial charge in [0.05, 0.1) is 5.69 Å². The first-order valence-electron chi connectivity index (χ1n) is 6.00. The Morgan fingerprint density at radius 2 is 1.94 bits per heavy atom. The van der Waals surface area contributed by atoms with Crippen molar-refractivity contribution in [2.24, 2.45) is 0 Å². The van der Waals surface area contributed by atoms with Crippen molar-refractivity contribution in [2.75, 3.05) is 0 Å². The van der Waals surface area contributed by atoms with Crippen LogP contribution in [0.4, 0.5) is 0 Å². The van der Waals surface area contributed by atoms with Gasteiger partial charge < -0.3 is 4.98 Å². The first-order chi connectivity index (χ1) is 8.78. The zero-order valence-corrected chi connectivity index (χ0v) is 10.1. The van der Waals surface area contributed by atoms with Gasteiger partial charge in [-0.1, -0.05) is 37.3 Å². The molecule has 2 aromatic heterocycles. The summed E-state index contributed by atoms with van der Waals surface area (Å²) >= 11 is 0. The van der Waals surface area contributed by atoms with Gasteiger partial charge in [-0.2, -0.15) is 0 Å². The van der Waals surface area contributed by atoms with Gasteiger partial charge in [-0.3, -0.25) is 0 Å². The van der Waals surface area contributed by atoms with E-state index in [4.69, 9.17) is 0 Å². The summed E-state index contributed by atoms with van der Waals surface area (Å²) in [6.45, 7) is 2.00. The standard InChI is InChI=1S/C14H13N3O/c1-2-12-15-11-8-10(9-6-4-3-5-7-9)16-13(11)14(18)17-12/h3-8,16H,2H2,1H3,(H,15,17,18)/p+1. The lowest BCUT2D eigenvalue weighted by Gasteiger charge is -1.94. The van der Waals surface area contributed by atoms with Crippen molar-refractivity contribution in [1.29, 1.82) is 0 Å². The maximum absolute atomic E-state index is 11.9. The maximum atomic E-state index is 11.9. The molecule has 0 fully saturated rings. The number of aryl methyl sites for hydroxylation is 1. The van der Waals surface area contributed by atoms with Gasteiger partial charge in [-0.15, -0.1) is 0 Å². The van der Waals surface area contributed by atoms with Gasteiger partial charge in [0.1, 0.15) is 0 Å². The molecule has 0 atom stereocenters. The van der Waals surface area contributed by atoms with E-state index >= 15 is 0 Å². The Kier molecular flexibility index (Phi) is 2.48. The van der Waals surface area contributed by atoms with E-state index in [1.54, 1.807) is 0 Å². The molecule has 2 heterocycles. The van der Waals surface area contributed by atoms with Crippen LogP contribution in [-0.2, 0) is 6.42 Å². The van der Waals surface area contributed by atoms with Gasteiger partial charge in [0, 0.05) is 12.5 Å². The number of rotatable bonds is 2. The lowest BCUT2D eigenvalue weighted by atomic mass is 10.2. The second-order valence-electron chi connectivity index (χ2n) is 4.25. The van der Waals surface area contributed by atoms with E-state index in [9.17, 15) is 4.79 Å². The van der Waals surface area contributed by atoms with Gasteiger partial charge in [0.15, 0.2) is 11.0 Å². The molecule has 0 spiro atoms. The molecule has 1 aromatic carbocycles. The first-order valence-corrected chi connectivity index (χ1v) is 6.00. The molecule has 4 heteroatoms. The van der Waals surface area contributed by atoms with E-state index in [-0.39, 0.29) is 5.56 Å². The number of H-pyrrole nitrogens is 3. The highest BCUT2D eigenvalue weighted by Gasteiger charge is 2.12. The predicted molar refractivity (Wildman–Crippen MR) is 70.3 cm³/mol. The predicted octanol–water partition coefficient (Wildman–Crippen LogP) is 1.90. The Labute approximate surface area is 104 Å². The molecule has 0 bridgehead atoms. The summed E-state index contributed by atoms with van der Waals surface area (Å²) < 4.78 is 0. The zero-order chi connectivity index (χ0) is 12.5. The van der Waals surface area contributed by atoms with Crippen LogP contribution in [0.15, 0.2) is 41.2 Å². The van der Waals surface area contributed by atoms with Crippen LogP contribution in [0.5, 0.6) is 0 Å². The van der Waals surface area contributed by atoms with Gasteiger partial charge in [0.2, 0.25) is 0 Å². The molecule has 0 amide bonds. The summed E-state index contributed by atoms with van der Waals surface area (Å²) in [6, 6.07) is 11.9. The van der Waals surface area contributed by atoms with Gasteiger partial charge >= 0.3 is 5.56 Å². The number of hydrogen-bond acceptors (Lipinski definition) is 1. The fourth-order valence-corrected chi connectivity index (χ4v) is 2.08. The molecule has 0 saturated heterocycles.